The molecule has 0 spiro atoms. The van der Waals surface area contributed by atoms with Crippen molar-refractivity contribution in [2.75, 3.05) is 6.61 Å². The molecule has 0 radical (unpaired) electrons. The first-order valence-corrected chi connectivity index (χ1v) is 9.20. The fourth-order valence-corrected chi connectivity index (χ4v) is 2.69. The maximum atomic E-state index is 9.96. The number of carbonyl (C=O) groups is 1. The van der Waals surface area contributed by atoms with Crippen molar-refractivity contribution in [2.45, 2.75) is 90.4 Å². The van der Waals surface area contributed by atoms with Crippen LogP contribution in [0.2, 0.25) is 0 Å². The molecular weight excluding hydrogens is 276 g/mol. The summed E-state index contributed by atoms with van der Waals surface area (Å²) in [6.45, 7) is 2.47. The number of hydrogen-bond acceptors (Lipinski definition) is 2. The smallest absolute Gasteiger partial charge is 0.303 e. The van der Waals surface area contributed by atoms with E-state index in [0.717, 1.165) is 31.6 Å². The second kappa shape index (κ2) is 16.5. The van der Waals surface area contributed by atoms with Gasteiger partial charge in [0.25, 0.3) is 0 Å². The van der Waals surface area contributed by atoms with Crippen LogP contribution in [0, 0.1) is 5.92 Å². The second-order valence-electron chi connectivity index (χ2n) is 6.25. The maximum absolute atomic E-state index is 9.96. The van der Waals surface area contributed by atoms with E-state index in [9.17, 15) is 4.79 Å². The molecule has 3 heteroatoms. The highest BCUT2D eigenvalue weighted by Crippen LogP contribution is 2.25. The highest BCUT2D eigenvalue weighted by Gasteiger charge is 2.10. The quantitative estimate of drug-likeness (QED) is 0.400. The molecule has 0 heterocycles. The molecule has 22 heavy (non-hydrogen) atoms. The van der Waals surface area contributed by atoms with Crippen LogP contribution in [0.1, 0.15) is 90.4 Å². The summed E-state index contributed by atoms with van der Waals surface area (Å²) in [5.41, 5.74) is 0. The van der Waals surface area contributed by atoms with Gasteiger partial charge in [-0.2, -0.15) is 0 Å². The molecular formula is C19H36O3. The van der Waals surface area contributed by atoms with E-state index in [1.165, 1.54) is 51.4 Å². The van der Waals surface area contributed by atoms with Crippen molar-refractivity contribution in [3.63, 3.8) is 0 Å². The minimum absolute atomic E-state index is 0.333. The van der Waals surface area contributed by atoms with Crippen LogP contribution in [0.4, 0.5) is 0 Å². The molecule has 0 atom stereocenters. The molecule has 1 fully saturated rings. The molecule has 1 aliphatic carbocycles. The van der Waals surface area contributed by atoms with Gasteiger partial charge in [0.15, 0.2) is 0 Å². The standard InChI is InChI=1S/C12H22O.C7H14O2/c13-11-7-3-1-2-4-8-12-9-5-6-10-12;1-2-3-4-5-6-7(8)9/h4,8,12-13H,1-3,5-7,9-11H2;2-6H2,1H3,(H,8,9)/b8-4+;. The van der Waals surface area contributed by atoms with Gasteiger partial charge in [-0.15, -0.1) is 0 Å². The number of hydrogen-bond donors (Lipinski definition) is 2. The van der Waals surface area contributed by atoms with E-state index in [1.54, 1.807) is 0 Å². The van der Waals surface area contributed by atoms with Gasteiger partial charge in [0.2, 0.25) is 0 Å². The second-order valence-corrected chi connectivity index (χ2v) is 6.25. The van der Waals surface area contributed by atoms with E-state index < -0.39 is 5.97 Å². The zero-order valence-electron chi connectivity index (χ0n) is 14.4. The number of aliphatic hydroxyl groups is 1. The molecule has 3 nitrogen and oxygen atoms in total. The molecule has 0 aromatic heterocycles. The Kier molecular flexibility index (Phi) is 15.9. The van der Waals surface area contributed by atoms with Gasteiger partial charge in [-0.3, -0.25) is 4.79 Å². The van der Waals surface area contributed by atoms with Crippen LogP contribution in [0.25, 0.3) is 0 Å². The molecule has 0 aromatic carbocycles. The Hall–Kier alpha value is -0.830. The Morgan fingerprint density at radius 1 is 1.05 bits per heavy atom. The molecule has 1 saturated carbocycles. The molecule has 0 saturated heterocycles. The van der Waals surface area contributed by atoms with Crippen LogP contribution < -0.4 is 0 Å². The Balaban J connectivity index is 0.000000433. The van der Waals surface area contributed by atoms with Crippen molar-refractivity contribution in [1.82, 2.24) is 0 Å². The van der Waals surface area contributed by atoms with Gasteiger partial charge < -0.3 is 10.2 Å². The lowest BCUT2D eigenvalue weighted by atomic mass is 10.1. The maximum Gasteiger partial charge on any atom is 0.303 e. The van der Waals surface area contributed by atoms with Crippen LogP contribution in [0.3, 0.4) is 0 Å². The van der Waals surface area contributed by atoms with Gasteiger partial charge in [0.05, 0.1) is 0 Å². The highest BCUT2D eigenvalue weighted by atomic mass is 16.4. The van der Waals surface area contributed by atoms with Crippen molar-refractivity contribution >= 4 is 5.97 Å². The first kappa shape index (κ1) is 21.2. The third-order valence-corrected chi connectivity index (χ3v) is 4.08. The summed E-state index contributed by atoms with van der Waals surface area (Å²) in [7, 11) is 0. The van der Waals surface area contributed by atoms with Gasteiger partial charge in [-0.25, -0.2) is 0 Å². The van der Waals surface area contributed by atoms with E-state index in [2.05, 4.69) is 19.1 Å². The average Bonchev–Trinajstić information content (AvgIpc) is 3.01. The predicted molar refractivity (Wildman–Crippen MR) is 93.0 cm³/mol. The zero-order valence-corrected chi connectivity index (χ0v) is 14.4. The summed E-state index contributed by atoms with van der Waals surface area (Å²) < 4.78 is 0. The molecule has 0 aliphatic heterocycles. The molecule has 1 aliphatic rings. The van der Waals surface area contributed by atoms with E-state index in [0.29, 0.717) is 13.0 Å². The van der Waals surface area contributed by atoms with Crippen LogP contribution in [-0.4, -0.2) is 22.8 Å². The van der Waals surface area contributed by atoms with Gasteiger partial charge in [-0.05, 0) is 44.4 Å². The number of aliphatic carboxylic acids is 1. The molecule has 1 rings (SSSR count). The number of unbranched alkanes of at least 4 members (excludes halogenated alkanes) is 6. The predicted octanol–water partition coefficient (Wildman–Crippen LogP) is 5.33. The summed E-state index contributed by atoms with van der Waals surface area (Å²) in [6, 6.07) is 0. The Labute approximate surface area is 136 Å². The van der Waals surface area contributed by atoms with Crippen LogP contribution in [0.15, 0.2) is 12.2 Å². The number of aliphatic hydroxyl groups excluding tert-OH is 1. The SMILES string of the molecule is CCCCCCC(=O)O.OCCCCC/C=C/C1CCCC1. The van der Waals surface area contributed by atoms with Crippen molar-refractivity contribution in [3.8, 4) is 0 Å². The largest absolute Gasteiger partial charge is 0.481 e. The molecule has 0 amide bonds. The van der Waals surface area contributed by atoms with Crippen molar-refractivity contribution in [2.24, 2.45) is 5.92 Å². The third kappa shape index (κ3) is 15.6. The lowest BCUT2D eigenvalue weighted by molar-refractivity contribution is -0.137. The van der Waals surface area contributed by atoms with E-state index in [4.69, 9.17) is 10.2 Å². The average molecular weight is 312 g/mol. The molecule has 0 aromatic rings. The van der Waals surface area contributed by atoms with Gasteiger partial charge >= 0.3 is 5.97 Å². The van der Waals surface area contributed by atoms with Crippen LogP contribution in [-0.2, 0) is 4.79 Å². The molecule has 0 bridgehead atoms. The summed E-state index contributed by atoms with van der Waals surface area (Å²) in [5, 5.41) is 16.8. The molecule has 130 valence electrons. The van der Waals surface area contributed by atoms with Gasteiger partial charge in [0, 0.05) is 13.0 Å². The number of carboxylic acid groups (broad SMARTS) is 1. The van der Waals surface area contributed by atoms with E-state index >= 15 is 0 Å². The number of allylic oxidation sites excluding steroid dienone is 2. The van der Waals surface area contributed by atoms with Crippen molar-refractivity contribution in [3.05, 3.63) is 12.2 Å². The lowest BCUT2D eigenvalue weighted by Crippen LogP contribution is -1.92. The first-order chi connectivity index (χ1) is 10.7. The summed E-state index contributed by atoms with van der Waals surface area (Å²) in [4.78, 5) is 9.96. The monoisotopic (exact) mass is 312 g/mol. The third-order valence-electron chi connectivity index (χ3n) is 4.08. The van der Waals surface area contributed by atoms with Crippen LogP contribution >= 0.6 is 0 Å². The van der Waals surface area contributed by atoms with Crippen LogP contribution in [0.5, 0.6) is 0 Å². The summed E-state index contributed by atoms with van der Waals surface area (Å²) in [5.74, 6) is 0.212. The van der Waals surface area contributed by atoms with Gasteiger partial charge in [-0.1, -0.05) is 57.6 Å². The summed E-state index contributed by atoms with van der Waals surface area (Å²) >= 11 is 0. The minimum atomic E-state index is -0.675. The Morgan fingerprint density at radius 3 is 2.32 bits per heavy atom. The van der Waals surface area contributed by atoms with Crippen molar-refractivity contribution in [1.29, 1.82) is 0 Å². The van der Waals surface area contributed by atoms with E-state index in [-0.39, 0.29) is 0 Å². The fraction of sp³-hybridized carbons (Fsp3) is 0.842. The summed E-state index contributed by atoms with van der Waals surface area (Å²) in [6.07, 6.45) is 19.6. The van der Waals surface area contributed by atoms with E-state index in [1.807, 2.05) is 0 Å². The topological polar surface area (TPSA) is 57.5 Å². The first-order valence-electron chi connectivity index (χ1n) is 9.20. The van der Waals surface area contributed by atoms with Gasteiger partial charge in [0.1, 0.15) is 0 Å². The molecule has 2 N–H and O–H groups in total. The Morgan fingerprint density at radius 2 is 1.73 bits per heavy atom. The lowest BCUT2D eigenvalue weighted by Gasteiger charge is -1.99. The Bertz CT molecular complexity index is 268. The molecule has 0 unspecified atom stereocenters. The number of carboxylic acids is 1. The minimum Gasteiger partial charge on any atom is -0.481 e. The number of rotatable bonds is 11. The normalized spacial score (nSPS) is 15.0. The zero-order chi connectivity index (χ0) is 16.5. The fourth-order valence-electron chi connectivity index (χ4n) is 2.69. The highest BCUT2D eigenvalue weighted by molar-refractivity contribution is 5.66. The van der Waals surface area contributed by atoms with Crippen molar-refractivity contribution < 1.29 is 15.0 Å².